The van der Waals surface area contributed by atoms with Gasteiger partial charge in [-0.05, 0) is 32.4 Å². The minimum atomic E-state index is -0.382. The van der Waals surface area contributed by atoms with Crippen LogP contribution in [0.3, 0.4) is 0 Å². The van der Waals surface area contributed by atoms with Gasteiger partial charge in [-0.25, -0.2) is 4.79 Å². The molecule has 0 fully saturated rings. The van der Waals surface area contributed by atoms with E-state index < -0.39 is 0 Å². The molecular weight excluding hydrogens is 192 g/mol. The predicted molar refractivity (Wildman–Crippen MR) is 59.8 cm³/mol. The summed E-state index contributed by atoms with van der Waals surface area (Å²) < 4.78 is 5.33. The summed E-state index contributed by atoms with van der Waals surface area (Å²) in [5, 5.41) is 0. The standard InChI is InChI=1S/C12H16O2.H2O/c1-4-12(2,3)14-11(13)10-8-6-5-7-9-10;/h5-9H,4H2,1-3H3;1H2. The van der Waals surface area contributed by atoms with Crippen molar-refractivity contribution in [3.8, 4) is 0 Å². The molecular formula is C12H18O3. The van der Waals surface area contributed by atoms with E-state index in [1.807, 2.05) is 39.0 Å². The fourth-order valence-electron chi connectivity index (χ4n) is 0.956. The van der Waals surface area contributed by atoms with E-state index in [0.717, 1.165) is 6.42 Å². The maximum Gasteiger partial charge on any atom is 0.338 e. The summed E-state index contributed by atoms with van der Waals surface area (Å²) in [6.45, 7) is 5.82. The Morgan fingerprint density at radius 2 is 1.80 bits per heavy atom. The van der Waals surface area contributed by atoms with Gasteiger partial charge in [0.05, 0.1) is 5.56 Å². The summed E-state index contributed by atoms with van der Waals surface area (Å²) >= 11 is 0. The third kappa shape index (κ3) is 4.13. The highest BCUT2D eigenvalue weighted by molar-refractivity contribution is 5.89. The second-order valence-electron chi connectivity index (χ2n) is 3.87. The molecule has 0 aliphatic rings. The highest BCUT2D eigenvalue weighted by Gasteiger charge is 2.20. The molecule has 0 unspecified atom stereocenters. The Balaban J connectivity index is 0.00000196. The monoisotopic (exact) mass is 210 g/mol. The molecule has 0 aliphatic carbocycles. The second-order valence-corrected chi connectivity index (χ2v) is 3.87. The number of carbonyl (C=O) groups is 1. The lowest BCUT2D eigenvalue weighted by Gasteiger charge is -2.23. The molecule has 0 saturated heterocycles. The van der Waals surface area contributed by atoms with Crippen LogP contribution in [0.5, 0.6) is 0 Å². The molecule has 0 bridgehead atoms. The molecule has 0 spiro atoms. The van der Waals surface area contributed by atoms with Crippen molar-refractivity contribution in [2.75, 3.05) is 0 Å². The van der Waals surface area contributed by atoms with E-state index in [1.165, 1.54) is 0 Å². The van der Waals surface area contributed by atoms with Gasteiger partial charge in [0.1, 0.15) is 5.60 Å². The minimum Gasteiger partial charge on any atom is -0.456 e. The molecule has 1 rings (SSSR count). The van der Waals surface area contributed by atoms with Crippen LogP contribution in [-0.2, 0) is 4.74 Å². The Morgan fingerprint density at radius 3 is 2.27 bits per heavy atom. The maximum absolute atomic E-state index is 11.6. The van der Waals surface area contributed by atoms with E-state index >= 15 is 0 Å². The van der Waals surface area contributed by atoms with Crippen molar-refractivity contribution >= 4 is 5.97 Å². The topological polar surface area (TPSA) is 57.8 Å². The fraction of sp³-hybridized carbons (Fsp3) is 0.417. The number of carbonyl (C=O) groups excluding carboxylic acids is 1. The molecule has 0 heterocycles. The van der Waals surface area contributed by atoms with Gasteiger partial charge < -0.3 is 10.2 Å². The molecule has 1 aromatic rings. The van der Waals surface area contributed by atoms with Crippen molar-refractivity contribution in [3.63, 3.8) is 0 Å². The fourth-order valence-corrected chi connectivity index (χ4v) is 0.956. The summed E-state index contributed by atoms with van der Waals surface area (Å²) in [6.07, 6.45) is 0.811. The highest BCUT2D eigenvalue weighted by atomic mass is 16.6. The Hall–Kier alpha value is -1.35. The van der Waals surface area contributed by atoms with Gasteiger partial charge in [0.15, 0.2) is 0 Å². The Bertz CT molecular complexity index is 304. The first-order valence-electron chi connectivity index (χ1n) is 4.83. The van der Waals surface area contributed by atoms with Crippen molar-refractivity contribution < 1.29 is 15.0 Å². The number of esters is 1. The molecule has 15 heavy (non-hydrogen) atoms. The Labute approximate surface area is 90.4 Å². The largest absolute Gasteiger partial charge is 0.456 e. The molecule has 0 aliphatic heterocycles. The van der Waals surface area contributed by atoms with Crippen LogP contribution in [0.15, 0.2) is 30.3 Å². The molecule has 2 N–H and O–H groups in total. The molecule has 0 aromatic heterocycles. The van der Waals surface area contributed by atoms with Crippen molar-refractivity contribution in [3.05, 3.63) is 35.9 Å². The number of hydrogen-bond acceptors (Lipinski definition) is 2. The van der Waals surface area contributed by atoms with Crippen LogP contribution in [0.4, 0.5) is 0 Å². The molecule has 0 saturated carbocycles. The third-order valence-corrected chi connectivity index (χ3v) is 2.23. The predicted octanol–water partition coefficient (Wildman–Crippen LogP) is 2.21. The first-order chi connectivity index (χ1) is 6.55. The van der Waals surface area contributed by atoms with Gasteiger partial charge in [-0.2, -0.15) is 0 Å². The summed E-state index contributed by atoms with van der Waals surface area (Å²) in [5.41, 5.74) is 0.224. The first kappa shape index (κ1) is 13.7. The van der Waals surface area contributed by atoms with E-state index in [9.17, 15) is 4.79 Å². The van der Waals surface area contributed by atoms with Crippen LogP contribution in [0.1, 0.15) is 37.6 Å². The zero-order valence-electron chi connectivity index (χ0n) is 9.41. The Kier molecular flexibility index (Phi) is 5.02. The average molecular weight is 210 g/mol. The summed E-state index contributed by atoms with van der Waals surface area (Å²) in [4.78, 5) is 11.6. The number of hydrogen-bond donors (Lipinski definition) is 0. The third-order valence-electron chi connectivity index (χ3n) is 2.23. The van der Waals surface area contributed by atoms with Crippen LogP contribution < -0.4 is 0 Å². The van der Waals surface area contributed by atoms with E-state index in [2.05, 4.69) is 0 Å². The van der Waals surface area contributed by atoms with Crippen molar-refractivity contribution in [1.29, 1.82) is 0 Å². The normalized spacial score (nSPS) is 10.3. The lowest BCUT2D eigenvalue weighted by Crippen LogP contribution is -2.26. The first-order valence-corrected chi connectivity index (χ1v) is 4.83. The van der Waals surface area contributed by atoms with Crippen LogP contribution in [0, 0.1) is 0 Å². The van der Waals surface area contributed by atoms with Crippen LogP contribution in [0.25, 0.3) is 0 Å². The maximum atomic E-state index is 11.6. The van der Waals surface area contributed by atoms with Crippen LogP contribution in [-0.4, -0.2) is 17.0 Å². The van der Waals surface area contributed by atoms with E-state index in [0.29, 0.717) is 5.56 Å². The van der Waals surface area contributed by atoms with E-state index in [4.69, 9.17) is 4.74 Å². The van der Waals surface area contributed by atoms with Gasteiger partial charge in [-0.15, -0.1) is 0 Å². The average Bonchev–Trinajstić information content (AvgIpc) is 2.19. The van der Waals surface area contributed by atoms with E-state index in [1.54, 1.807) is 12.1 Å². The molecule has 0 amide bonds. The highest BCUT2D eigenvalue weighted by Crippen LogP contribution is 2.16. The SMILES string of the molecule is CCC(C)(C)OC(=O)c1ccccc1.O. The van der Waals surface area contributed by atoms with E-state index in [-0.39, 0.29) is 17.0 Å². The molecule has 0 atom stereocenters. The molecule has 84 valence electrons. The number of benzene rings is 1. The zero-order valence-corrected chi connectivity index (χ0v) is 9.41. The van der Waals surface area contributed by atoms with Gasteiger partial charge in [0.25, 0.3) is 0 Å². The zero-order chi connectivity index (χ0) is 10.6. The second kappa shape index (κ2) is 5.51. The molecule has 0 radical (unpaired) electrons. The summed E-state index contributed by atoms with van der Waals surface area (Å²) in [6, 6.07) is 9.05. The summed E-state index contributed by atoms with van der Waals surface area (Å²) in [5.74, 6) is -0.252. The quantitative estimate of drug-likeness (QED) is 0.718. The molecule has 1 aromatic carbocycles. The van der Waals surface area contributed by atoms with Gasteiger partial charge in [-0.1, -0.05) is 25.1 Å². The van der Waals surface area contributed by atoms with Gasteiger partial charge in [-0.3, -0.25) is 0 Å². The van der Waals surface area contributed by atoms with Gasteiger partial charge in [0, 0.05) is 0 Å². The smallest absolute Gasteiger partial charge is 0.338 e. The number of ether oxygens (including phenoxy) is 1. The lowest BCUT2D eigenvalue weighted by molar-refractivity contribution is -0.00243. The van der Waals surface area contributed by atoms with Gasteiger partial charge >= 0.3 is 5.97 Å². The molecule has 3 nitrogen and oxygen atoms in total. The van der Waals surface area contributed by atoms with Crippen LogP contribution in [0.2, 0.25) is 0 Å². The lowest BCUT2D eigenvalue weighted by atomic mass is 10.1. The Morgan fingerprint density at radius 1 is 1.27 bits per heavy atom. The van der Waals surface area contributed by atoms with Crippen molar-refractivity contribution in [1.82, 2.24) is 0 Å². The van der Waals surface area contributed by atoms with Crippen molar-refractivity contribution in [2.24, 2.45) is 0 Å². The number of rotatable bonds is 3. The molecule has 3 heteroatoms. The summed E-state index contributed by atoms with van der Waals surface area (Å²) in [7, 11) is 0. The van der Waals surface area contributed by atoms with Crippen molar-refractivity contribution in [2.45, 2.75) is 32.8 Å². The van der Waals surface area contributed by atoms with Gasteiger partial charge in [0.2, 0.25) is 0 Å². The minimum absolute atomic E-state index is 0. The van der Waals surface area contributed by atoms with Crippen LogP contribution >= 0.6 is 0 Å².